The van der Waals surface area contributed by atoms with Crippen molar-refractivity contribution in [3.05, 3.63) is 48.5 Å². The molecule has 0 aliphatic carbocycles. The van der Waals surface area contributed by atoms with E-state index < -0.39 is 0 Å². The SMILES string of the molecule is CCCCCCCC(=O)Oc1ccc2c(c1)oc1cc3c(cc12)oc1cc(OC(=O)CCCCCCC)ccc13. The first-order valence-corrected chi connectivity index (χ1v) is 14.8. The molecule has 5 rings (SSSR count). The Morgan fingerprint density at radius 2 is 0.925 bits per heavy atom. The van der Waals surface area contributed by atoms with Crippen LogP contribution in [0.2, 0.25) is 0 Å². The van der Waals surface area contributed by atoms with E-state index in [0.717, 1.165) is 71.2 Å². The highest BCUT2D eigenvalue weighted by atomic mass is 16.5. The zero-order valence-corrected chi connectivity index (χ0v) is 23.6. The number of benzene rings is 3. The number of ether oxygens (including phenoxy) is 2. The van der Waals surface area contributed by atoms with Gasteiger partial charge in [0, 0.05) is 46.5 Å². The van der Waals surface area contributed by atoms with Gasteiger partial charge in [0.1, 0.15) is 33.8 Å². The molecule has 3 aromatic carbocycles. The molecule has 0 spiro atoms. The molecule has 2 heterocycles. The van der Waals surface area contributed by atoms with Crippen LogP contribution in [-0.4, -0.2) is 11.9 Å². The second-order valence-corrected chi connectivity index (χ2v) is 10.6. The fourth-order valence-electron chi connectivity index (χ4n) is 5.24. The van der Waals surface area contributed by atoms with Crippen LogP contribution in [0.25, 0.3) is 43.9 Å². The number of fused-ring (bicyclic) bond motifs is 6. The van der Waals surface area contributed by atoms with Crippen LogP contribution >= 0.6 is 0 Å². The molecule has 0 atom stereocenters. The largest absolute Gasteiger partial charge is 0.456 e. The molecule has 0 saturated carbocycles. The summed E-state index contributed by atoms with van der Waals surface area (Å²) >= 11 is 0. The van der Waals surface area contributed by atoms with Crippen molar-refractivity contribution < 1.29 is 27.9 Å². The van der Waals surface area contributed by atoms with E-state index in [1.807, 2.05) is 24.3 Å². The van der Waals surface area contributed by atoms with Gasteiger partial charge in [-0.3, -0.25) is 9.59 Å². The van der Waals surface area contributed by atoms with Crippen molar-refractivity contribution >= 4 is 55.8 Å². The van der Waals surface area contributed by atoms with Gasteiger partial charge in [-0.25, -0.2) is 0 Å². The Bertz CT molecular complexity index is 1500. The molecule has 0 aliphatic rings. The van der Waals surface area contributed by atoms with Gasteiger partial charge in [0.25, 0.3) is 0 Å². The molecule has 6 nitrogen and oxygen atoms in total. The number of furan rings is 2. The van der Waals surface area contributed by atoms with Gasteiger partial charge in [-0.1, -0.05) is 65.2 Å². The minimum Gasteiger partial charge on any atom is -0.456 e. The maximum atomic E-state index is 12.3. The molecule has 0 amide bonds. The highest BCUT2D eigenvalue weighted by molar-refractivity contribution is 6.15. The summed E-state index contributed by atoms with van der Waals surface area (Å²) in [4.78, 5) is 24.5. The zero-order chi connectivity index (χ0) is 27.9. The molecular weight excluding hydrogens is 504 g/mol. The topological polar surface area (TPSA) is 78.9 Å². The first-order valence-electron chi connectivity index (χ1n) is 14.8. The molecule has 40 heavy (non-hydrogen) atoms. The van der Waals surface area contributed by atoms with Gasteiger partial charge < -0.3 is 18.3 Å². The standard InChI is InChI=1S/C34H38O6/c1-3-5-7-9-11-13-33(35)37-23-15-17-25-27-21-32-28(22-31(27)39-29(25)19-23)26-18-16-24(20-30(26)40-32)38-34(36)14-12-10-8-6-4-2/h15-22H,3-14H2,1-2H3. The van der Waals surface area contributed by atoms with E-state index in [0.29, 0.717) is 35.5 Å². The first-order chi connectivity index (χ1) is 19.6. The van der Waals surface area contributed by atoms with E-state index in [2.05, 4.69) is 13.8 Å². The average Bonchev–Trinajstić information content (AvgIpc) is 3.47. The van der Waals surface area contributed by atoms with Gasteiger partial charge in [-0.15, -0.1) is 0 Å². The number of rotatable bonds is 14. The van der Waals surface area contributed by atoms with Crippen molar-refractivity contribution in [3.63, 3.8) is 0 Å². The smallest absolute Gasteiger partial charge is 0.311 e. The predicted octanol–water partition coefficient (Wildman–Crippen LogP) is 10.0. The fraction of sp³-hybridized carbons (Fsp3) is 0.412. The molecule has 0 unspecified atom stereocenters. The van der Waals surface area contributed by atoms with Crippen molar-refractivity contribution in [2.75, 3.05) is 0 Å². The van der Waals surface area contributed by atoms with Crippen LogP contribution in [0.4, 0.5) is 0 Å². The Labute approximate surface area is 234 Å². The van der Waals surface area contributed by atoms with Gasteiger partial charge in [0.15, 0.2) is 0 Å². The summed E-state index contributed by atoms with van der Waals surface area (Å²) in [7, 11) is 0. The van der Waals surface area contributed by atoms with Crippen LogP contribution in [0.15, 0.2) is 57.4 Å². The second-order valence-electron chi connectivity index (χ2n) is 10.6. The van der Waals surface area contributed by atoms with Gasteiger partial charge >= 0.3 is 11.9 Å². The molecule has 5 aromatic rings. The van der Waals surface area contributed by atoms with Crippen LogP contribution in [-0.2, 0) is 9.59 Å². The third kappa shape index (κ3) is 6.49. The Kier molecular flexibility index (Phi) is 9.04. The minimum absolute atomic E-state index is 0.215. The molecule has 0 saturated heterocycles. The third-order valence-electron chi connectivity index (χ3n) is 7.44. The van der Waals surface area contributed by atoms with Crippen LogP contribution in [0.1, 0.15) is 90.9 Å². The minimum atomic E-state index is -0.215. The van der Waals surface area contributed by atoms with Crippen LogP contribution in [0.3, 0.4) is 0 Å². The molecule has 0 bridgehead atoms. The molecular formula is C34H38O6. The normalized spacial score (nSPS) is 11.7. The molecule has 210 valence electrons. The van der Waals surface area contributed by atoms with E-state index in [1.54, 1.807) is 24.3 Å². The first kappa shape index (κ1) is 27.8. The summed E-state index contributed by atoms with van der Waals surface area (Å²) in [5.74, 6) is 0.547. The summed E-state index contributed by atoms with van der Waals surface area (Å²) in [6, 6.07) is 14.9. The number of unbranched alkanes of at least 4 members (excludes halogenated alkanes) is 8. The lowest BCUT2D eigenvalue weighted by Gasteiger charge is -2.04. The molecule has 0 aliphatic heterocycles. The van der Waals surface area contributed by atoms with Crippen molar-refractivity contribution in [2.45, 2.75) is 90.9 Å². The van der Waals surface area contributed by atoms with Crippen LogP contribution in [0, 0.1) is 0 Å². The van der Waals surface area contributed by atoms with Crippen molar-refractivity contribution in [1.82, 2.24) is 0 Å². The average molecular weight is 543 g/mol. The number of carbonyl (C=O) groups is 2. The Hall–Kier alpha value is -3.80. The van der Waals surface area contributed by atoms with Crippen molar-refractivity contribution in [1.29, 1.82) is 0 Å². The van der Waals surface area contributed by atoms with E-state index in [9.17, 15) is 9.59 Å². The zero-order valence-electron chi connectivity index (χ0n) is 23.6. The lowest BCUT2D eigenvalue weighted by Crippen LogP contribution is -2.07. The number of hydrogen-bond acceptors (Lipinski definition) is 6. The molecule has 0 fully saturated rings. The summed E-state index contributed by atoms with van der Waals surface area (Å²) in [5.41, 5.74) is 2.76. The lowest BCUT2D eigenvalue weighted by atomic mass is 10.1. The summed E-state index contributed by atoms with van der Waals surface area (Å²) < 4.78 is 23.5. The van der Waals surface area contributed by atoms with Crippen LogP contribution < -0.4 is 9.47 Å². The molecule has 0 radical (unpaired) electrons. The summed E-state index contributed by atoms with van der Waals surface area (Å²) in [6.45, 7) is 4.35. The summed E-state index contributed by atoms with van der Waals surface area (Å²) in [6.07, 6.45) is 11.7. The Balaban J connectivity index is 1.29. The van der Waals surface area contributed by atoms with E-state index in [4.69, 9.17) is 18.3 Å². The van der Waals surface area contributed by atoms with Gasteiger partial charge in [-0.2, -0.15) is 0 Å². The highest BCUT2D eigenvalue weighted by Gasteiger charge is 2.16. The second kappa shape index (κ2) is 13.0. The Morgan fingerprint density at radius 1 is 0.525 bits per heavy atom. The van der Waals surface area contributed by atoms with E-state index in [1.165, 1.54) is 25.7 Å². The van der Waals surface area contributed by atoms with Gasteiger partial charge in [-0.05, 0) is 49.2 Å². The van der Waals surface area contributed by atoms with Gasteiger partial charge in [0.2, 0.25) is 0 Å². The van der Waals surface area contributed by atoms with Crippen LogP contribution in [0.5, 0.6) is 11.5 Å². The quantitative estimate of drug-likeness (QED) is 0.0789. The Morgan fingerprint density at radius 3 is 1.35 bits per heavy atom. The monoisotopic (exact) mass is 542 g/mol. The molecule has 6 heteroatoms. The summed E-state index contributed by atoms with van der Waals surface area (Å²) in [5, 5.41) is 3.69. The maximum Gasteiger partial charge on any atom is 0.311 e. The predicted molar refractivity (Wildman–Crippen MR) is 159 cm³/mol. The van der Waals surface area contributed by atoms with Crippen molar-refractivity contribution in [3.8, 4) is 11.5 Å². The van der Waals surface area contributed by atoms with Crippen molar-refractivity contribution in [2.24, 2.45) is 0 Å². The van der Waals surface area contributed by atoms with Gasteiger partial charge in [0.05, 0.1) is 0 Å². The highest BCUT2D eigenvalue weighted by Crippen LogP contribution is 2.38. The maximum absolute atomic E-state index is 12.3. The third-order valence-corrected chi connectivity index (χ3v) is 7.44. The fourth-order valence-corrected chi connectivity index (χ4v) is 5.24. The number of carbonyl (C=O) groups excluding carboxylic acids is 2. The lowest BCUT2D eigenvalue weighted by molar-refractivity contribution is -0.135. The molecule has 2 aromatic heterocycles. The molecule has 0 N–H and O–H groups in total. The van der Waals surface area contributed by atoms with E-state index >= 15 is 0 Å². The number of hydrogen-bond donors (Lipinski definition) is 0. The van der Waals surface area contributed by atoms with E-state index in [-0.39, 0.29) is 11.9 Å². The number of esters is 2.